The zero-order chi connectivity index (χ0) is 18.7. The van der Waals surface area contributed by atoms with Gasteiger partial charge in [-0.3, -0.25) is 4.40 Å². The summed E-state index contributed by atoms with van der Waals surface area (Å²) in [6, 6.07) is 0. The maximum atomic E-state index is 12.3. The molecular weight excluding hydrogens is 350 g/mol. The van der Waals surface area contributed by atoms with E-state index >= 15 is 0 Å². The molecule has 10 heteroatoms. The SMILES string of the molecule is CCOC(=O)c1sc2c(C(=O)OCC)c(N)c(C(=O)OCC)n2c1N. The number of nitrogen functional groups attached to an aromatic ring is 2. The van der Waals surface area contributed by atoms with Gasteiger partial charge in [0.15, 0.2) is 10.6 Å². The Hall–Kier alpha value is -2.75. The third-order valence-corrected chi connectivity index (χ3v) is 4.41. The maximum Gasteiger partial charge on any atom is 0.357 e. The Morgan fingerprint density at radius 2 is 1.44 bits per heavy atom. The summed E-state index contributed by atoms with van der Waals surface area (Å²) in [7, 11) is 0. The van der Waals surface area contributed by atoms with Gasteiger partial charge in [0.25, 0.3) is 0 Å². The van der Waals surface area contributed by atoms with Gasteiger partial charge in [-0.15, -0.1) is 11.3 Å². The van der Waals surface area contributed by atoms with Crippen molar-refractivity contribution in [2.75, 3.05) is 31.3 Å². The summed E-state index contributed by atoms with van der Waals surface area (Å²) in [6.07, 6.45) is 0. The Bertz CT molecular complexity index is 838. The number of ether oxygens (including phenoxy) is 3. The van der Waals surface area contributed by atoms with Crippen LogP contribution < -0.4 is 11.5 Å². The van der Waals surface area contributed by atoms with E-state index in [0.29, 0.717) is 0 Å². The number of hydrogen-bond acceptors (Lipinski definition) is 9. The largest absolute Gasteiger partial charge is 0.462 e. The van der Waals surface area contributed by atoms with Crippen LogP contribution in [0.25, 0.3) is 4.83 Å². The van der Waals surface area contributed by atoms with Gasteiger partial charge in [-0.05, 0) is 20.8 Å². The molecule has 2 aromatic heterocycles. The molecule has 9 nitrogen and oxygen atoms in total. The van der Waals surface area contributed by atoms with Crippen LogP contribution in [-0.4, -0.2) is 42.1 Å². The maximum absolute atomic E-state index is 12.3. The number of thiazole rings is 1. The van der Waals surface area contributed by atoms with Crippen LogP contribution in [0.5, 0.6) is 0 Å². The van der Waals surface area contributed by atoms with Crippen LogP contribution in [-0.2, 0) is 14.2 Å². The van der Waals surface area contributed by atoms with Crippen molar-refractivity contribution in [1.29, 1.82) is 0 Å². The summed E-state index contributed by atoms with van der Waals surface area (Å²) >= 11 is 0.898. The quantitative estimate of drug-likeness (QED) is 0.580. The van der Waals surface area contributed by atoms with Gasteiger partial charge in [-0.2, -0.15) is 0 Å². The molecule has 0 aliphatic heterocycles. The van der Waals surface area contributed by atoms with Crippen molar-refractivity contribution >= 4 is 45.6 Å². The van der Waals surface area contributed by atoms with E-state index in [1.807, 2.05) is 0 Å². The van der Waals surface area contributed by atoms with Crippen LogP contribution in [0, 0.1) is 0 Å². The molecule has 136 valence electrons. The molecule has 0 saturated carbocycles. The minimum Gasteiger partial charge on any atom is -0.462 e. The van der Waals surface area contributed by atoms with Crippen LogP contribution in [0.15, 0.2) is 0 Å². The number of nitrogens with zero attached hydrogens (tertiary/aromatic N) is 1. The molecule has 0 unspecified atom stereocenters. The molecule has 0 aliphatic rings. The van der Waals surface area contributed by atoms with Crippen molar-refractivity contribution in [3.05, 3.63) is 16.1 Å². The molecule has 25 heavy (non-hydrogen) atoms. The predicted molar refractivity (Wildman–Crippen MR) is 92.0 cm³/mol. The van der Waals surface area contributed by atoms with Crippen molar-refractivity contribution in [2.24, 2.45) is 0 Å². The fraction of sp³-hybridized carbons (Fsp3) is 0.400. The number of hydrogen-bond donors (Lipinski definition) is 2. The third kappa shape index (κ3) is 3.12. The van der Waals surface area contributed by atoms with E-state index in [1.165, 1.54) is 4.40 Å². The second-order valence-electron chi connectivity index (χ2n) is 4.76. The average molecular weight is 369 g/mol. The third-order valence-electron chi connectivity index (χ3n) is 3.25. The van der Waals surface area contributed by atoms with Crippen LogP contribution in [0.2, 0.25) is 0 Å². The number of carbonyl (C=O) groups excluding carboxylic acids is 3. The first-order valence-electron chi connectivity index (χ1n) is 7.62. The van der Waals surface area contributed by atoms with Crippen molar-refractivity contribution in [2.45, 2.75) is 20.8 Å². The highest BCUT2D eigenvalue weighted by Gasteiger charge is 2.32. The van der Waals surface area contributed by atoms with E-state index in [9.17, 15) is 14.4 Å². The first-order valence-corrected chi connectivity index (χ1v) is 8.44. The smallest absolute Gasteiger partial charge is 0.357 e. The first kappa shape index (κ1) is 18.6. The van der Waals surface area contributed by atoms with Crippen LogP contribution >= 0.6 is 11.3 Å². The van der Waals surface area contributed by atoms with Crippen LogP contribution in [0.3, 0.4) is 0 Å². The fourth-order valence-corrected chi connectivity index (χ4v) is 3.40. The van der Waals surface area contributed by atoms with E-state index in [2.05, 4.69) is 0 Å². The lowest BCUT2D eigenvalue weighted by molar-refractivity contribution is 0.0511. The average Bonchev–Trinajstić information content (AvgIpc) is 3.02. The molecule has 4 N–H and O–H groups in total. The normalized spacial score (nSPS) is 10.7. The molecule has 2 heterocycles. The van der Waals surface area contributed by atoms with Gasteiger partial charge < -0.3 is 25.7 Å². The Morgan fingerprint density at radius 1 is 0.920 bits per heavy atom. The van der Waals surface area contributed by atoms with Crippen LogP contribution in [0.4, 0.5) is 11.5 Å². The molecule has 0 radical (unpaired) electrons. The molecule has 2 rings (SSSR count). The second-order valence-corrected chi connectivity index (χ2v) is 5.75. The highest BCUT2D eigenvalue weighted by molar-refractivity contribution is 7.20. The van der Waals surface area contributed by atoms with Gasteiger partial charge in [-0.1, -0.05) is 0 Å². The van der Waals surface area contributed by atoms with Crippen LogP contribution in [0.1, 0.15) is 51.3 Å². The molecule has 0 aromatic carbocycles. The number of anilines is 2. The second kappa shape index (κ2) is 7.43. The van der Waals surface area contributed by atoms with E-state index in [-0.39, 0.29) is 52.3 Å². The summed E-state index contributed by atoms with van der Waals surface area (Å²) in [5.74, 6) is -2.18. The van der Waals surface area contributed by atoms with Gasteiger partial charge in [0.05, 0.1) is 25.5 Å². The van der Waals surface area contributed by atoms with E-state index in [1.54, 1.807) is 20.8 Å². The fourth-order valence-electron chi connectivity index (χ4n) is 2.29. The lowest BCUT2D eigenvalue weighted by atomic mass is 10.2. The Balaban J connectivity index is 2.77. The van der Waals surface area contributed by atoms with E-state index < -0.39 is 17.9 Å². The molecule has 0 aliphatic carbocycles. The number of nitrogens with two attached hydrogens (primary N) is 2. The number of aromatic nitrogens is 1. The minimum absolute atomic E-state index is 0.0304. The summed E-state index contributed by atoms with van der Waals surface area (Å²) in [5, 5.41) is 0. The topological polar surface area (TPSA) is 135 Å². The molecular formula is C15H19N3O6S. The molecule has 2 aromatic rings. The van der Waals surface area contributed by atoms with Crippen molar-refractivity contribution in [3.63, 3.8) is 0 Å². The Morgan fingerprint density at radius 3 is 2.00 bits per heavy atom. The molecule has 0 saturated heterocycles. The molecule has 0 atom stereocenters. The zero-order valence-electron chi connectivity index (χ0n) is 14.1. The van der Waals surface area contributed by atoms with Crippen molar-refractivity contribution < 1.29 is 28.6 Å². The first-order chi connectivity index (χ1) is 11.9. The lowest BCUT2D eigenvalue weighted by Crippen LogP contribution is -2.13. The number of esters is 3. The van der Waals surface area contributed by atoms with Gasteiger partial charge in [-0.25, -0.2) is 14.4 Å². The summed E-state index contributed by atoms with van der Waals surface area (Å²) in [4.78, 5) is 36.9. The highest BCUT2D eigenvalue weighted by atomic mass is 32.1. The van der Waals surface area contributed by atoms with Crippen molar-refractivity contribution in [1.82, 2.24) is 4.40 Å². The van der Waals surface area contributed by atoms with Gasteiger partial charge in [0.1, 0.15) is 16.2 Å². The highest BCUT2D eigenvalue weighted by Crippen LogP contribution is 2.37. The van der Waals surface area contributed by atoms with Gasteiger partial charge in [0, 0.05) is 0 Å². The molecule has 0 bridgehead atoms. The van der Waals surface area contributed by atoms with Crippen molar-refractivity contribution in [3.8, 4) is 0 Å². The summed E-state index contributed by atoms with van der Waals surface area (Å²) in [5.41, 5.74) is 11.7. The number of rotatable bonds is 6. The molecule has 0 amide bonds. The standard InChI is InChI=1S/C15H19N3O6S/c1-4-22-13(19)7-8(16)9(14(20)23-5-2)18-11(17)10(25-12(7)18)15(21)24-6-3/h4-6,16-17H2,1-3H3. The Labute approximate surface area is 147 Å². The zero-order valence-corrected chi connectivity index (χ0v) is 14.9. The van der Waals surface area contributed by atoms with Gasteiger partial charge in [0.2, 0.25) is 0 Å². The monoisotopic (exact) mass is 369 g/mol. The lowest BCUT2D eigenvalue weighted by Gasteiger charge is -2.05. The van der Waals surface area contributed by atoms with E-state index in [0.717, 1.165) is 11.3 Å². The van der Waals surface area contributed by atoms with Gasteiger partial charge >= 0.3 is 17.9 Å². The molecule has 0 fully saturated rings. The Kier molecular flexibility index (Phi) is 5.52. The number of carbonyl (C=O) groups is 3. The summed E-state index contributed by atoms with van der Waals surface area (Å²) < 4.78 is 16.2. The van der Waals surface area contributed by atoms with E-state index in [4.69, 9.17) is 25.7 Å². The summed E-state index contributed by atoms with van der Waals surface area (Å²) in [6.45, 7) is 5.31. The molecule has 0 spiro atoms. The minimum atomic E-state index is -0.759. The predicted octanol–water partition coefficient (Wildman–Crippen LogP) is 1.70. The number of fused-ring (bicyclic) bond motifs is 1.